The lowest BCUT2D eigenvalue weighted by molar-refractivity contribution is 0.255. The van der Waals surface area contributed by atoms with E-state index in [0.29, 0.717) is 5.02 Å². The predicted octanol–water partition coefficient (Wildman–Crippen LogP) is 4.98. The SMILES string of the molecule is CCN(CC)c1ccc(NC(=O)N/C=C/c2ccccc2Cl)cc1. The third-order valence-corrected chi connectivity index (χ3v) is 3.98. The largest absolute Gasteiger partial charge is 0.372 e. The van der Waals surface area contributed by atoms with E-state index in [1.165, 1.54) is 0 Å². The molecule has 0 saturated carbocycles. The van der Waals surface area contributed by atoms with Crippen molar-refractivity contribution in [3.63, 3.8) is 0 Å². The number of carbonyl (C=O) groups is 1. The first-order valence-corrected chi connectivity index (χ1v) is 8.35. The summed E-state index contributed by atoms with van der Waals surface area (Å²) >= 11 is 6.05. The fourth-order valence-electron chi connectivity index (χ4n) is 2.33. The van der Waals surface area contributed by atoms with Crippen molar-refractivity contribution in [1.82, 2.24) is 5.32 Å². The molecular weight excluding hydrogens is 322 g/mol. The fraction of sp³-hybridized carbons (Fsp3) is 0.211. The van der Waals surface area contributed by atoms with Crippen LogP contribution in [0.3, 0.4) is 0 Å². The third-order valence-electron chi connectivity index (χ3n) is 3.64. The van der Waals surface area contributed by atoms with Gasteiger partial charge < -0.3 is 15.5 Å². The lowest BCUT2D eigenvalue weighted by atomic mass is 10.2. The average molecular weight is 344 g/mol. The molecule has 0 atom stereocenters. The molecule has 5 heteroatoms. The molecule has 4 nitrogen and oxygen atoms in total. The van der Waals surface area contributed by atoms with Gasteiger partial charge in [-0.15, -0.1) is 0 Å². The van der Waals surface area contributed by atoms with Gasteiger partial charge in [0.1, 0.15) is 0 Å². The van der Waals surface area contributed by atoms with Gasteiger partial charge in [-0.3, -0.25) is 0 Å². The van der Waals surface area contributed by atoms with E-state index in [1.807, 2.05) is 42.5 Å². The third kappa shape index (κ3) is 5.03. The summed E-state index contributed by atoms with van der Waals surface area (Å²) in [5.41, 5.74) is 2.74. The first-order chi connectivity index (χ1) is 11.6. The van der Waals surface area contributed by atoms with Gasteiger partial charge in [0.25, 0.3) is 0 Å². The number of halogens is 1. The van der Waals surface area contributed by atoms with Crippen molar-refractivity contribution in [2.75, 3.05) is 23.3 Å². The smallest absolute Gasteiger partial charge is 0.323 e. The van der Waals surface area contributed by atoms with Crippen molar-refractivity contribution in [2.24, 2.45) is 0 Å². The maximum Gasteiger partial charge on any atom is 0.323 e. The van der Waals surface area contributed by atoms with Crippen LogP contribution in [0.1, 0.15) is 19.4 Å². The van der Waals surface area contributed by atoms with Gasteiger partial charge in [0.05, 0.1) is 0 Å². The Balaban J connectivity index is 1.89. The molecule has 2 aromatic carbocycles. The number of carbonyl (C=O) groups excluding carboxylic acids is 1. The minimum atomic E-state index is -0.297. The van der Waals surface area contributed by atoms with Gasteiger partial charge in [-0.05, 0) is 55.8 Å². The molecule has 0 heterocycles. The van der Waals surface area contributed by atoms with Crippen molar-refractivity contribution in [3.8, 4) is 0 Å². The number of hydrogen-bond acceptors (Lipinski definition) is 2. The normalized spacial score (nSPS) is 10.6. The summed E-state index contributed by atoms with van der Waals surface area (Å²) in [4.78, 5) is 14.1. The summed E-state index contributed by atoms with van der Waals surface area (Å²) in [5, 5.41) is 6.10. The summed E-state index contributed by atoms with van der Waals surface area (Å²) in [6.45, 7) is 6.15. The number of nitrogens with one attached hydrogen (secondary N) is 2. The van der Waals surface area contributed by atoms with Gasteiger partial charge in [0.15, 0.2) is 0 Å². The standard InChI is InChI=1S/C19H22ClN3O/c1-3-23(4-2)17-11-9-16(10-12-17)22-19(24)21-14-13-15-7-5-6-8-18(15)20/h5-14H,3-4H2,1-2H3,(H2,21,22,24)/b14-13+. The molecule has 2 amide bonds. The minimum Gasteiger partial charge on any atom is -0.372 e. The highest BCUT2D eigenvalue weighted by molar-refractivity contribution is 6.32. The van der Waals surface area contributed by atoms with Crippen LogP contribution < -0.4 is 15.5 Å². The van der Waals surface area contributed by atoms with Crippen molar-refractivity contribution in [1.29, 1.82) is 0 Å². The average Bonchev–Trinajstić information content (AvgIpc) is 2.59. The Morgan fingerprint density at radius 1 is 1.08 bits per heavy atom. The maximum absolute atomic E-state index is 11.9. The fourth-order valence-corrected chi connectivity index (χ4v) is 2.53. The van der Waals surface area contributed by atoms with Crippen LogP contribution in [0, 0.1) is 0 Å². The molecule has 0 aliphatic carbocycles. The zero-order valence-electron chi connectivity index (χ0n) is 13.9. The summed E-state index contributed by atoms with van der Waals surface area (Å²) in [6.07, 6.45) is 3.33. The molecule has 0 bridgehead atoms. The van der Waals surface area contributed by atoms with E-state index >= 15 is 0 Å². The lowest BCUT2D eigenvalue weighted by Crippen LogP contribution is -2.24. The summed E-state index contributed by atoms with van der Waals surface area (Å²) in [5.74, 6) is 0. The van der Waals surface area contributed by atoms with Crippen LogP contribution in [0.4, 0.5) is 16.2 Å². The quantitative estimate of drug-likeness (QED) is 0.777. The van der Waals surface area contributed by atoms with Gasteiger partial charge in [0, 0.05) is 35.7 Å². The monoisotopic (exact) mass is 343 g/mol. The first-order valence-electron chi connectivity index (χ1n) is 7.97. The number of amides is 2. The second kappa shape index (κ2) is 8.99. The maximum atomic E-state index is 11.9. The Bertz CT molecular complexity index is 694. The Labute approximate surface area is 148 Å². The number of anilines is 2. The molecule has 126 valence electrons. The van der Waals surface area contributed by atoms with E-state index in [1.54, 1.807) is 18.3 Å². The van der Waals surface area contributed by atoms with Crippen LogP contribution in [-0.4, -0.2) is 19.1 Å². The molecule has 2 N–H and O–H groups in total. The molecule has 0 aromatic heterocycles. The Morgan fingerprint density at radius 3 is 2.38 bits per heavy atom. The molecule has 0 saturated heterocycles. The van der Waals surface area contributed by atoms with Gasteiger partial charge in [-0.1, -0.05) is 29.8 Å². The molecule has 0 aliphatic heterocycles. The highest BCUT2D eigenvalue weighted by Crippen LogP contribution is 2.18. The molecule has 24 heavy (non-hydrogen) atoms. The predicted molar refractivity (Wildman–Crippen MR) is 103 cm³/mol. The number of urea groups is 1. The summed E-state index contributed by atoms with van der Waals surface area (Å²) in [6, 6.07) is 14.9. The highest BCUT2D eigenvalue weighted by atomic mass is 35.5. The zero-order valence-corrected chi connectivity index (χ0v) is 14.7. The van der Waals surface area contributed by atoms with Gasteiger partial charge in [0.2, 0.25) is 0 Å². The number of nitrogens with zero attached hydrogens (tertiary/aromatic N) is 1. The second-order valence-electron chi connectivity index (χ2n) is 5.17. The molecule has 0 aliphatic rings. The van der Waals surface area contributed by atoms with E-state index in [-0.39, 0.29) is 6.03 Å². The van der Waals surface area contributed by atoms with E-state index in [4.69, 9.17) is 11.6 Å². The zero-order chi connectivity index (χ0) is 17.4. The Morgan fingerprint density at radius 2 is 1.75 bits per heavy atom. The minimum absolute atomic E-state index is 0.297. The van der Waals surface area contributed by atoms with Crippen LogP contribution in [0.5, 0.6) is 0 Å². The number of benzene rings is 2. The molecule has 2 rings (SSSR count). The van der Waals surface area contributed by atoms with Crippen LogP contribution in [0.25, 0.3) is 6.08 Å². The topological polar surface area (TPSA) is 44.4 Å². The second-order valence-corrected chi connectivity index (χ2v) is 5.58. The highest BCUT2D eigenvalue weighted by Gasteiger charge is 2.03. The summed E-state index contributed by atoms with van der Waals surface area (Å²) in [7, 11) is 0. The molecule has 0 unspecified atom stereocenters. The summed E-state index contributed by atoms with van der Waals surface area (Å²) < 4.78 is 0. The first kappa shape index (κ1) is 17.9. The van der Waals surface area contributed by atoms with Crippen molar-refractivity contribution in [3.05, 3.63) is 65.3 Å². The number of rotatable bonds is 6. The van der Waals surface area contributed by atoms with Crippen molar-refractivity contribution >= 4 is 35.1 Å². The molecule has 0 fully saturated rings. The molecule has 0 radical (unpaired) electrons. The lowest BCUT2D eigenvalue weighted by Gasteiger charge is -2.21. The van der Waals surface area contributed by atoms with Gasteiger partial charge >= 0.3 is 6.03 Å². The van der Waals surface area contributed by atoms with E-state index in [2.05, 4.69) is 29.4 Å². The molecule has 2 aromatic rings. The van der Waals surface area contributed by atoms with Crippen LogP contribution in [-0.2, 0) is 0 Å². The van der Waals surface area contributed by atoms with E-state index < -0.39 is 0 Å². The van der Waals surface area contributed by atoms with Crippen molar-refractivity contribution in [2.45, 2.75) is 13.8 Å². The van der Waals surface area contributed by atoms with Crippen LogP contribution in [0.15, 0.2) is 54.7 Å². The number of hydrogen-bond donors (Lipinski definition) is 2. The van der Waals surface area contributed by atoms with Crippen molar-refractivity contribution < 1.29 is 4.79 Å². The Hall–Kier alpha value is -2.46. The molecule has 0 spiro atoms. The molecular formula is C19H22ClN3O. The van der Waals surface area contributed by atoms with Crippen LogP contribution in [0.2, 0.25) is 5.02 Å². The van der Waals surface area contributed by atoms with E-state index in [0.717, 1.165) is 30.0 Å². The van der Waals surface area contributed by atoms with Gasteiger partial charge in [-0.2, -0.15) is 0 Å². The Kier molecular flexibility index (Phi) is 6.70. The van der Waals surface area contributed by atoms with Crippen LogP contribution >= 0.6 is 11.6 Å². The van der Waals surface area contributed by atoms with E-state index in [9.17, 15) is 4.79 Å². The van der Waals surface area contributed by atoms with Gasteiger partial charge in [-0.25, -0.2) is 4.79 Å².